The quantitative estimate of drug-likeness (QED) is 0.686. The fourth-order valence-electron chi connectivity index (χ4n) is 1.38. The molecule has 1 aromatic rings. The van der Waals surface area contributed by atoms with E-state index in [1.54, 1.807) is 6.92 Å². The van der Waals surface area contributed by atoms with Gasteiger partial charge in [0.15, 0.2) is 16.6 Å². The Morgan fingerprint density at radius 3 is 2.87 bits per heavy atom. The summed E-state index contributed by atoms with van der Waals surface area (Å²) in [6.45, 7) is 1.65. The van der Waals surface area contributed by atoms with Crippen molar-refractivity contribution in [3.8, 4) is 5.75 Å². The van der Waals surface area contributed by atoms with Crippen molar-refractivity contribution < 1.29 is 13.9 Å². The minimum absolute atomic E-state index is 0.207. The van der Waals surface area contributed by atoms with Crippen LogP contribution in [-0.2, 0) is 0 Å². The normalized spacial score (nSPS) is 19.8. The van der Waals surface area contributed by atoms with Crippen LogP contribution < -0.4 is 4.74 Å². The minimum atomic E-state index is -0.499. The molecule has 1 unspecified atom stereocenters. The van der Waals surface area contributed by atoms with Crippen LogP contribution in [0.1, 0.15) is 17.3 Å². The lowest BCUT2D eigenvalue weighted by Gasteiger charge is -2.22. The Balaban J connectivity index is 2.65. The number of ketones is 1. The van der Waals surface area contributed by atoms with Crippen molar-refractivity contribution in [2.24, 2.45) is 5.92 Å². The molecule has 15 heavy (non-hydrogen) atoms. The molecule has 0 amide bonds. The van der Waals surface area contributed by atoms with E-state index in [4.69, 9.17) is 17.0 Å². The van der Waals surface area contributed by atoms with Gasteiger partial charge in [-0.1, -0.05) is 0 Å². The van der Waals surface area contributed by atoms with Crippen molar-refractivity contribution in [3.05, 3.63) is 28.0 Å². The molecular weight excluding hydrogens is 283 g/mol. The Hall–Kier alpha value is -0.810. The molecule has 1 heterocycles. The summed E-state index contributed by atoms with van der Waals surface area (Å²) in [5.41, 5.74) is 0.239. The summed E-state index contributed by atoms with van der Waals surface area (Å²) in [6, 6.07) is 2.41. The van der Waals surface area contributed by atoms with Gasteiger partial charge in [-0.05, 0) is 47.2 Å². The van der Waals surface area contributed by atoms with Crippen molar-refractivity contribution in [1.29, 1.82) is 0 Å². The first-order valence-corrected chi connectivity index (χ1v) is 5.46. The number of carbonyl (C=O) groups is 1. The van der Waals surface area contributed by atoms with Gasteiger partial charge in [0.2, 0.25) is 0 Å². The number of thiocarbonyl (C=S) groups is 1. The maximum absolute atomic E-state index is 13.1. The third-order valence-corrected chi connectivity index (χ3v) is 3.25. The van der Waals surface area contributed by atoms with Crippen LogP contribution in [0.3, 0.4) is 0 Å². The number of fused-ring (bicyclic) bond motifs is 1. The second kappa shape index (κ2) is 3.64. The average molecular weight is 289 g/mol. The van der Waals surface area contributed by atoms with Crippen molar-refractivity contribution >= 4 is 39.0 Å². The van der Waals surface area contributed by atoms with E-state index in [2.05, 4.69) is 15.9 Å². The molecule has 0 N–H and O–H groups in total. The van der Waals surface area contributed by atoms with E-state index < -0.39 is 11.7 Å². The van der Waals surface area contributed by atoms with Crippen molar-refractivity contribution in [2.45, 2.75) is 6.92 Å². The zero-order valence-electron chi connectivity index (χ0n) is 7.71. The Morgan fingerprint density at radius 2 is 2.20 bits per heavy atom. The fourth-order valence-corrected chi connectivity index (χ4v) is 2.08. The largest absolute Gasteiger partial charge is 0.448 e. The highest BCUT2D eigenvalue weighted by atomic mass is 79.9. The molecule has 1 atom stereocenters. The standard InChI is InChI=1S/C10H6BrFO2S/c1-4-8(13)6-2-5(12)3-7(11)9(6)14-10(4)15/h2-4H,1H3. The third-order valence-electron chi connectivity index (χ3n) is 2.22. The SMILES string of the molecule is CC1C(=O)c2cc(F)cc(Br)c2OC1=S. The molecule has 0 saturated carbocycles. The number of benzene rings is 1. The maximum Gasteiger partial charge on any atom is 0.178 e. The van der Waals surface area contributed by atoms with E-state index in [-0.39, 0.29) is 16.4 Å². The number of Topliss-reactive ketones (excluding diaryl/α,β-unsaturated/α-hetero) is 1. The van der Waals surface area contributed by atoms with Crippen LogP contribution in [0.2, 0.25) is 0 Å². The van der Waals surface area contributed by atoms with Crippen LogP contribution >= 0.6 is 28.1 Å². The van der Waals surface area contributed by atoms with Crippen LogP contribution in [-0.4, -0.2) is 10.8 Å². The van der Waals surface area contributed by atoms with E-state index >= 15 is 0 Å². The van der Waals surface area contributed by atoms with Crippen LogP contribution in [0, 0.1) is 11.7 Å². The minimum Gasteiger partial charge on any atom is -0.448 e. The number of hydrogen-bond acceptors (Lipinski definition) is 3. The molecule has 2 nitrogen and oxygen atoms in total. The number of halogens is 2. The van der Waals surface area contributed by atoms with E-state index in [0.717, 1.165) is 0 Å². The summed E-state index contributed by atoms with van der Waals surface area (Å²) >= 11 is 8.05. The Bertz CT molecular complexity index is 473. The first-order chi connectivity index (χ1) is 7.00. The number of carbonyl (C=O) groups excluding carboxylic acids is 1. The van der Waals surface area contributed by atoms with Gasteiger partial charge in [-0.25, -0.2) is 4.39 Å². The van der Waals surface area contributed by atoms with Gasteiger partial charge in [-0.2, -0.15) is 0 Å². The second-order valence-electron chi connectivity index (χ2n) is 3.27. The first kappa shape index (κ1) is 10.7. The third kappa shape index (κ3) is 1.70. The predicted octanol–water partition coefficient (Wildman–Crippen LogP) is 3.13. The van der Waals surface area contributed by atoms with Crippen molar-refractivity contribution in [1.82, 2.24) is 0 Å². The molecule has 1 aromatic carbocycles. The first-order valence-electron chi connectivity index (χ1n) is 4.25. The monoisotopic (exact) mass is 288 g/mol. The lowest BCUT2D eigenvalue weighted by Crippen LogP contribution is -2.30. The molecule has 0 bridgehead atoms. The van der Waals surface area contributed by atoms with E-state index in [1.165, 1.54) is 12.1 Å². The molecule has 5 heteroatoms. The molecule has 0 spiro atoms. The summed E-state index contributed by atoms with van der Waals surface area (Å²) in [6.07, 6.45) is 0. The van der Waals surface area contributed by atoms with Gasteiger partial charge in [0.05, 0.1) is 16.0 Å². The van der Waals surface area contributed by atoms with E-state index in [9.17, 15) is 9.18 Å². The molecule has 0 aromatic heterocycles. The van der Waals surface area contributed by atoms with Gasteiger partial charge in [0, 0.05) is 0 Å². The summed E-state index contributed by atoms with van der Waals surface area (Å²) in [4.78, 5) is 11.8. The molecule has 0 saturated heterocycles. The van der Waals surface area contributed by atoms with Gasteiger partial charge in [0.25, 0.3) is 0 Å². The van der Waals surface area contributed by atoms with Crippen LogP contribution in [0.25, 0.3) is 0 Å². The number of rotatable bonds is 0. The fraction of sp³-hybridized carbons (Fsp3) is 0.200. The molecule has 2 rings (SSSR count). The molecule has 1 aliphatic rings. The molecule has 0 radical (unpaired) electrons. The molecule has 0 fully saturated rings. The molecule has 78 valence electrons. The number of ether oxygens (including phenoxy) is 1. The van der Waals surface area contributed by atoms with E-state index in [1.807, 2.05) is 0 Å². The highest BCUT2D eigenvalue weighted by Gasteiger charge is 2.31. The second-order valence-corrected chi connectivity index (χ2v) is 4.53. The lowest BCUT2D eigenvalue weighted by atomic mass is 9.96. The van der Waals surface area contributed by atoms with Crippen LogP contribution in [0.4, 0.5) is 4.39 Å². The van der Waals surface area contributed by atoms with Crippen LogP contribution in [0.5, 0.6) is 5.75 Å². The van der Waals surface area contributed by atoms with Crippen LogP contribution in [0.15, 0.2) is 16.6 Å². The van der Waals surface area contributed by atoms with Crippen molar-refractivity contribution in [3.63, 3.8) is 0 Å². The van der Waals surface area contributed by atoms with Gasteiger partial charge in [-0.3, -0.25) is 4.79 Å². The highest BCUT2D eigenvalue weighted by molar-refractivity contribution is 9.10. The zero-order valence-corrected chi connectivity index (χ0v) is 10.1. The van der Waals surface area contributed by atoms with Gasteiger partial charge < -0.3 is 4.74 Å². The average Bonchev–Trinajstić information content (AvgIpc) is 2.17. The smallest absolute Gasteiger partial charge is 0.178 e. The maximum atomic E-state index is 13.1. The van der Waals surface area contributed by atoms with Crippen molar-refractivity contribution in [2.75, 3.05) is 0 Å². The molecule has 1 aliphatic heterocycles. The van der Waals surface area contributed by atoms with Gasteiger partial charge >= 0.3 is 0 Å². The Labute approximate surface area is 99.6 Å². The Kier molecular flexibility index (Phi) is 2.60. The summed E-state index contributed by atoms with van der Waals surface area (Å²) < 4.78 is 18.8. The summed E-state index contributed by atoms with van der Waals surface area (Å²) in [5.74, 6) is -0.871. The topological polar surface area (TPSA) is 26.3 Å². The van der Waals surface area contributed by atoms with E-state index in [0.29, 0.717) is 10.2 Å². The predicted molar refractivity (Wildman–Crippen MR) is 60.8 cm³/mol. The van der Waals surface area contributed by atoms with Gasteiger partial charge in [-0.15, -0.1) is 0 Å². The lowest BCUT2D eigenvalue weighted by molar-refractivity contribution is 0.0944. The Morgan fingerprint density at radius 1 is 1.53 bits per heavy atom. The summed E-state index contributed by atoms with van der Waals surface area (Å²) in [7, 11) is 0. The zero-order chi connectivity index (χ0) is 11.2. The highest BCUT2D eigenvalue weighted by Crippen LogP contribution is 2.36. The summed E-state index contributed by atoms with van der Waals surface area (Å²) in [5, 5.41) is 0.222. The number of hydrogen-bond donors (Lipinski definition) is 0. The molecular formula is C10H6BrFO2S. The van der Waals surface area contributed by atoms with Gasteiger partial charge in [0.1, 0.15) is 5.82 Å². The molecule has 0 aliphatic carbocycles.